The zero-order valence-electron chi connectivity index (χ0n) is 13.0. The average Bonchev–Trinajstić information content (AvgIpc) is 2.55. The van der Waals surface area contributed by atoms with E-state index in [0.717, 1.165) is 28.7 Å². The second-order valence-electron chi connectivity index (χ2n) is 5.44. The average molecular weight is 400 g/mol. The summed E-state index contributed by atoms with van der Waals surface area (Å²) < 4.78 is 39.4. The zero-order chi connectivity index (χ0) is 17.7. The molecule has 1 N–H and O–H groups in total. The van der Waals surface area contributed by atoms with E-state index in [1.54, 1.807) is 0 Å². The molecule has 0 radical (unpaired) electrons. The van der Waals surface area contributed by atoms with E-state index in [2.05, 4.69) is 21.2 Å². The van der Waals surface area contributed by atoms with Gasteiger partial charge in [-0.15, -0.1) is 0 Å². The van der Waals surface area contributed by atoms with Crippen molar-refractivity contribution in [2.75, 3.05) is 5.32 Å². The van der Waals surface area contributed by atoms with E-state index >= 15 is 0 Å². The van der Waals surface area contributed by atoms with Crippen molar-refractivity contribution in [1.29, 1.82) is 0 Å². The predicted octanol–water partition coefficient (Wildman–Crippen LogP) is 5.93. The summed E-state index contributed by atoms with van der Waals surface area (Å²) in [5.41, 5.74) is -0.00268. The van der Waals surface area contributed by atoms with Crippen LogP contribution in [-0.4, -0.2) is 11.8 Å². The Hall–Kier alpha value is -1.82. The standard InChI is InChI=1S/C18H17BrF3NO/c1-2-4-16(23-15-9-7-14(19)8-10-15)17(24)12-5-3-6-13(11-12)18(20,21)22/h3,5-11,16,23H,2,4H2,1H3. The van der Waals surface area contributed by atoms with Crippen molar-refractivity contribution in [3.63, 3.8) is 0 Å². The Balaban J connectivity index is 2.24. The van der Waals surface area contributed by atoms with Gasteiger partial charge in [-0.25, -0.2) is 0 Å². The highest BCUT2D eigenvalue weighted by molar-refractivity contribution is 9.10. The van der Waals surface area contributed by atoms with Gasteiger partial charge in [0, 0.05) is 15.7 Å². The van der Waals surface area contributed by atoms with Crippen LogP contribution in [0.1, 0.15) is 35.7 Å². The van der Waals surface area contributed by atoms with Crippen molar-refractivity contribution in [3.05, 3.63) is 64.1 Å². The molecule has 0 amide bonds. The van der Waals surface area contributed by atoms with Crippen LogP contribution >= 0.6 is 15.9 Å². The number of alkyl halides is 3. The van der Waals surface area contributed by atoms with Gasteiger partial charge in [0.25, 0.3) is 0 Å². The Labute approximate surface area is 147 Å². The number of ketones is 1. The smallest absolute Gasteiger partial charge is 0.375 e. The van der Waals surface area contributed by atoms with Crippen LogP contribution in [0.3, 0.4) is 0 Å². The van der Waals surface area contributed by atoms with Crippen molar-refractivity contribution in [2.24, 2.45) is 0 Å². The molecule has 0 heterocycles. The molecule has 0 bridgehead atoms. The van der Waals surface area contributed by atoms with Crippen LogP contribution in [0, 0.1) is 0 Å². The summed E-state index contributed by atoms with van der Waals surface area (Å²) >= 11 is 3.33. The summed E-state index contributed by atoms with van der Waals surface area (Å²) in [7, 11) is 0. The van der Waals surface area contributed by atoms with Crippen LogP contribution in [-0.2, 0) is 6.18 Å². The summed E-state index contributed by atoms with van der Waals surface area (Å²) in [6, 6.07) is 11.3. The first kappa shape index (κ1) is 18.5. The van der Waals surface area contributed by atoms with Crippen LogP contribution in [0.4, 0.5) is 18.9 Å². The fraction of sp³-hybridized carbons (Fsp3) is 0.278. The van der Waals surface area contributed by atoms with Gasteiger partial charge in [0.2, 0.25) is 0 Å². The van der Waals surface area contributed by atoms with Gasteiger partial charge < -0.3 is 5.32 Å². The number of rotatable bonds is 6. The Morgan fingerprint density at radius 2 is 1.83 bits per heavy atom. The normalized spacial score (nSPS) is 12.7. The molecule has 0 spiro atoms. The molecular weight excluding hydrogens is 383 g/mol. The SMILES string of the molecule is CCCC(Nc1ccc(Br)cc1)C(=O)c1cccc(C(F)(F)F)c1. The first-order valence-electron chi connectivity index (χ1n) is 7.55. The molecule has 0 saturated carbocycles. The molecule has 0 aliphatic rings. The highest BCUT2D eigenvalue weighted by Crippen LogP contribution is 2.30. The molecule has 2 rings (SSSR count). The maximum Gasteiger partial charge on any atom is 0.416 e. The van der Waals surface area contributed by atoms with E-state index in [1.165, 1.54) is 12.1 Å². The highest BCUT2D eigenvalue weighted by atomic mass is 79.9. The van der Waals surface area contributed by atoms with Crippen LogP contribution in [0.5, 0.6) is 0 Å². The lowest BCUT2D eigenvalue weighted by molar-refractivity contribution is -0.137. The maximum atomic E-state index is 12.8. The molecular formula is C18H17BrF3NO. The molecule has 128 valence electrons. The molecule has 24 heavy (non-hydrogen) atoms. The minimum Gasteiger partial charge on any atom is -0.375 e. The number of carbonyl (C=O) groups is 1. The van der Waals surface area contributed by atoms with Crippen LogP contribution in [0.15, 0.2) is 53.0 Å². The molecule has 0 saturated heterocycles. The quantitative estimate of drug-likeness (QED) is 0.609. The van der Waals surface area contributed by atoms with E-state index in [9.17, 15) is 18.0 Å². The molecule has 0 aliphatic carbocycles. The zero-order valence-corrected chi connectivity index (χ0v) is 14.6. The third-order valence-electron chi connectivity index (χ3n) is 3.55. The van der Waals surface area contributed by atoms with E-state index < -0.39 is 17.8 Å². The third-order valence-corrected chi connectivity index (χ3v) is 4.08. The van der Waals surface area contributed by atoms with Crippen LogP contribution in [0.25, 0.3) is 0 Å². The van der Waals surface area contributed by atoms with Gasteiger partial charge in [-0.3, -0.25) is 4.79 Å². The van der Waals surface area contributed by atoms with Crippen LogP contribution < -0.4 is 5.32 Å². The molecule has 0 fully saturated rings. The van der Waals surface area contributed by atoms with Gasteiger partial charge >= 0.3 is 6.18 Å². The van der Waals surface area contributed by atoms with Gasteiger partial charge in [-0.05, 0) is 42.8 Å². The van der Waals surface area contributed by atoms with Gasteiger partial charge in [-0.2, -0.15) is 13.2 Å². The molecule has 1 atom stereocenters. The second-order valence-corrected chi connectivity index (χ2v) is 6.35. The van der Waals surface area contributed by atoms with Gasteiger partial charge in [0.15, 0.2) is 5.78 Å². The lowest BCUT2D eigenvalue weighted by Gasteiger charge is -2.19. The number of anilines is 1. The first-order valence-corrected chi connectivity index (χ1v) is 8.34. The van der Waals surface area contributed by atoms with Crippen molar-refractivity contribution < 1.29 is 18.0 Å². The lowest BCUT2D eigenvalue weighted by Crippen LogP contribution is -2.29. The first-order chi connectivity index (χ1) is 11.3. The van der Waals surface area contributed by atoms with Crippen molar-refractivity contribution in [3.8, 4) is 0 Å². The Bertz CT molecular complexity index is 698. The molecule has 2 aromatic carbocycles. The van der Waals surface area contributed by atoms with Crippen molar-refractivity contribution in [2.45, 2.75) is 32.0 Å². The number of benzene rings is 2. The minimum absolute atomic E-state index is 0.0629. The molecule has 2 aromatic rings. The second kappa shape index (κ2) is 7.83. The maximum absolute atomic E-state index is 12.8. The molecule has 1 unspecified atom stereocenters. The molecule has 0 aromatic heterocycles. The molecule has 6 heteroatoms. The number of halogens is 4. The number of Topliss-reactive ketones (excluding diaryl/α,β-unsaturated/α-hetero) is 1. The minimum atomic E-state index is -4.46. The number of nitrogens with one attached hydrogen (secondary N) is 1. The summed E-state index contributed by atoms with van der Waals surface area (Å²) in [5, 5.41) is 3.11. The Kier molecular flexibility index (Phi) is 6.04. The highest BCUT2D eigenvalue weighted by Gasteiger charge is 2.31. The largest absolute Gasteiger partial charge is 0.416 e. The summed E-state index contributed by atoms with van der Waals surface area (Å²) in [6.45, 7) is 1.93. The number of hydrogen-bond donors (Lipinski definition) is 1. The number of carbonyl (C=O) groups excluding carboxylic acids is 1. The fourth-order valence-electron chi connectivity index (χ4n) is 2.35. The van der Waals surface area contributed by atoms with Gasteiger partial charge in [0.05, 0.1) is 11.6 Å². The fourth-order valence-corrected chi connectivity index (χ4v) is 2.62. The lowest BCUT2D eigenvalue weighted by atomic mass is 9.98. The predicted molar refractivity (Wildman–Crippen MR) is 92.2 cm³/mol. The topological polar surface area (TPSA) is 29.1 Å². The third kappa shape index (κ3) is 4.84. The van der Waals surface area contributed by atoms with E-state index in [-0.39, 0.29) is 11.3 Å². The van der Waals surface area contributed by atoms with Crippen molar-refractivity contribution in [1.82, 2.24) is 0 Å². The molecule has 0 aliphatic heterocycles. The summed E-state index contributed by atoms with van der Waals surface area (Å²) in [5.74, 6) is -0.342. The Morgan fingerprint density at radius 1 is 1.17 bits per heavy atom. The van der Waals surface area contributed by atoms with E-state index in [4.69, 9.17) is 0 Å². The summed E-state index contributed by atoms with van der Waals surface area (Å²) in [4.78, 5) is 12.6. The van der Waals surface area contributed by atoms with E-state index in [1.807, 2.05) is 31.2 Å². The summed E-state index contributed by atoms with van der Waals surface area (Å²) in [6.07, 6.45) is -3.19. The monoisotopic (exact) mass is 399 g/mol. The molecule has 2 nitrogen and oxygen atoms in total. The number of hydrogen-bond acceptors (Lipinski definition) is 2. The van der Waals surface area contributed by atoms with Crippen molar-refractivity contribution >= 4 is 27.4 Å². The van der Waals surface area contributed by atoms with Gasteiger partial charge in [0.1, 0.15) is 0 Å². The Morgan fingerprint density at radius 3 is 2.42 bits per heavy atom. The van der Waals surface area contributed by atoms with Crippen LogP contribution in [0.2, 0.25) is 0 Å². The van der Waals surface area contributed by atoms with Gasteiger partial charge in [-0.1, -0.05) is 41.4 Å². The van der Waals surface area contributed by atoms with E-state index in [0.29, 0.717) is 6.42 Å².